The molecule has 0 bridgehead atoms. The van der Waals surface area contributed by atoms with Crippen LogP contribution in [-0.4, -0.2) is 29.2 Å². The Labute approximate surface area is 116 Å². The maximum Gasteiger partial charge on any atom is 0.130 e. The molecule has 1 aromatic heterocycles. The van der Waals surface area contributed by atoms with E-state index in [4.69, 9.17) is 4.74 Å². The van der Waals surface area contributed by atoms with E-state index in [1.54, 1.807) is 0 Å². The molecule has 2 rings (SSSR count). The number of aryl methyl sites for hydroxylation is 2. The summed E-state index contributed by atoms with van der Waals surface area (Å²) in [6.07, 6.45) is 7.90. The summed E-state index contributed by atoms with van der Waals surface area (Å²) in [7, 11) is 0. The van der Waals surface area contributed by atoms with Gasteiger partial charge in [-0.3, -0.25) is 0 Å². The van der Waals surface area contributed by atoms with Gasteiger partial charge in [0.05, 0.1) is 12.7 Å². The lowest BCUT2D eigenvalue weighted by molar-refractivity contribution is 0.0347. The first-order chi connectivity index (χ1) is 9.28. The smallest absolute Gasteiger partial charge is 0.130 e. The predicted octanol–water partition coefficient (Wildman–Crippen LogP) is 3.11. The van der Waals surface area contributed by atoms with Gasteiger partial charge in [-0.1, -0.05) is 26.2 Å². The van der Waals surface area contributed by atoms with E-state index in [0.29, 0.717) is 6.10 Å². The van der Waals surface area contributed by atoms with Gasteiger partial charge in [0.15, 0.2) is 0 Å². The Hall–Kier alpha value is -1.16. The van der Waals surface area contributed by atoms with Crippen LogP contribution in [0.25, 0.3) is 0 Å². The average molecular weight is 263 g/mol. The predicted molar refractivity (Wildman–Crippen MR) is 77.5 cm³/mol. The maximum absolute atomic E-state index is 5.89. The number of aromatic nitrogens is 2. The minimum atomic E-state index is 0.480. The van der Waals surface area contributed by atoms with Gasteiger partial charge in [-0.25, -0.2) is 9.97 Å². The molecule has 106 valence electrons. The zero-order chi connectivity index (χ0) is 13.5. The Bertz CT molecular complexity index is 389. The number of hydrogen-bond donors (Lipinski definition) is 1. The second-order valence-corrected chi connectivity index (χ2v) is 5.20. The molecular formula is C15H25N3O. The summed E-state index contributed by atoms with van der Waals surface area (Å²) in [4.78, 5) is 8.76. The molecule has 0 amide bonds. The lowest BCUT2D eigenvalue weighted by Crippen LogP contribution is -2.20. The molecule has 0 radical (unpaired) electrons. The second kappa shape index (κ2) is 7.43. The normalized spacial score (nSPS) is 16.5. The fraction of sp³-hybridized carbons (Fsp3) is 0.733. The molecular weight excluding hydrogens is 238 g/mol. The first kappa shape index (κ1) is 14.3. The second-order valence-electron chi connectivity index (χ2n) is 5.20. The van der Waals surface area contributed by atoms with Gasteiger partial charge >= 0.3 is 0 Å². The van der Waals surface area contributed by atoms with E-state index in [2.05, 4.69) is 22.2 Å². The van der Waals surface area contributed by atoms with Gasteiger partial charge in [-0.2, -0.15) is 0 Å². The van der Waals surface area contributed by atoms with Crippen LogP contribution in [0.5, 0.6) is 0 Å². The van der Waals surface area contributed by atoms with Crippen molar-refractivity contribution in [1.82, 2.24) is 9.97 Å². The van der Waals surface area contributed by atoms with E-state index in [-0.39, 0.29) is 0 Å². The lowest BCUT2D eigenvalue weighted by atomic mass is 9.98. The zero-order valence-corrected chi connectivity index (χ0v) is 12.1. The molecule has 1 aliphatic carbocycles. The molecule has 0 unspecified atom stereocenters. The fourth-order valence-electron chi connectivity index (χ4n) is 2.54. The van der Waals surface area contributed by atoms with Crippen molar-refractivity contribution in [3.05, 3.63) is 17.6 Å². The standard InChI is InChI=1S/C15H25N3O/c1-3-13-11-15(18-12(2)17-13)16-9-10-19-14-7-5-4-6-8-14/h11,14H,3-10H2,1-2H3,(H,16,17,18). The summed E-state index contributed by atoms with van der Waals surface area (Å²) < 4.78 is 5.89. The van der Waals surface area contributed by atoms with Crippen molar-refractivity contribution in [3.63, 3.8) is 0 Å². The van der Waals surface area contributed by atoms with Gasteiger partial charge in [-0.15, -0.1) is 0 Å². The molecule has 0 aliphatic heterocycles. The highest BCUT2D eigenvalue weighted by Crippen LogP contribution is 2.20. The van der Waals surface area contributed by atoms with Crippen LogP contribution in [0.15, 0.2) is 6.07 Å². The van der Waals surface area contributed by atoms with Crippen LogP contribution in [0.3, 0.4) is 0 Å². The molecule has 1 aliphatic rings. The molecule has 0 spiro atoms. The fourth-order valence-corrected chi connectivity index (χ4v) is 2.54. The minimum absolute atomic E-state index is 0.480. The van der Waals surface area contributed by atoms with Gasteiger partial charge in [0.25, 0.3) is 0 Å². The highest BCUT2D eigenvalue weighted by molar-refractivity contribution is 5.35. The quantitative estimate of drug-likeness (QED) is 0.801. The molecule has 4 nitrogen and oxygen atoms in total. The highest BCUT2D eigenvalue weighted by atomic mass is 16.5. The molecule has 1 heterocycles. The van der Waals surface area contributed by atoms with Crippen LogP contribution < -0.4 is 5.32 Å². The Morgan fingerprint density at radius 1 is 1.26 bits per heavy atom. The Morgan fingerprint density at radius 3 is 2.79 bits per heavy atom. The third kappa shape index (κ3) is 4.78. The molecule has 1 N–H and O–H groups in total. The van der Waals surface area contributed by atoms with Crippen LogP contribution in [0.2, 0.25) is 0 Å². The van der Waals surface area contributed by atoms with E-state index >= 15 is 0 Å². The van der Waals surface area contributed by atoms with Crippen molar-refractivity contribution < 1.29 is 4.74 Å². The van der Waals surface area contributed by atoms with Gasteiger partial charge < -0.3 is 10.1 Å². The number of rotatable bonds is 6. The number of hydrogen-bond acceptors (Lipinski definition) is 4. The van der Waals surface area contributed by atoms with E-state index in [1.807, 2.05) is 13.0 Å². The van der Waals surface area contributed by atoms with Crippen molar-refractivity contribution in [3.8, 4) is 0 Å². The third-order valence-corrected chi connectivity index (χ3v) is 3.57. The first-order valence-electron chi connectivity index (χ1n) is 7.48. The molecule has 1 saturated carbocycles. The highest BCUT2D eigenvalue weighted by Gasteiger charge is 2.13. The summed E-state index contributed by atoms with van der Waals surface area (Å²) in [5.41, 5.74) is 1.09. The monoisotopic (exact) mass is 263 g/mol. The van der Waals surface area contributed by atoms with Crippen LogP contribution >= 0.6 is 0 Å². The summed E-state index contributed by atoms with van der Waals surface area (Å²) >= 11 is 0. The molecule has 0 saturated heterocycles. The Kier molecular flexibility index (Phi) is 5.58. The summed E-state index contributed by atoms with van der Waals surface area (Å²) in [5.74, 6) is 1.74. The summed E-state index contributed by atoms with van der Waals surface area (Å²) in [5, 5.41) is 3.32. The van der Waals surface area contributed by atoms with Gasteiger partial charge in [0, 0.05) is 18.3 Å². The topological polar surface area (TPSA) is 47.0 Å². The van der Waals surface area contributed by atoms with Crippen molar-refractivity contribution in [2.75, 3.05) is 18.5 Å². The number of anilines is 1. The van der Waals surface area contributed by atoms with E-state index in [0.717, 1.165) is 36.9 Å². The Morgan fingerprint density at radius 2 is 2.05 bits per heavy atom. The maximum atomic E-state index is 5.89. The summed E-state index contributed by atoms with van der Waals surface area (Å²) in [6.45, 7) is 5.62. The van der Waals surface area contributed by atoms with E-state index in [1.165, 1.54) is 32.1 Å². The Balaban J connectivity index is 1.71. The first-order valence-corrected chi connectivity index (χ1v) is 7.48. The van der Waals surface area contributed by atoms with Crippen molar-refractivity contribution >= 4 is 5.82 Å². The van der Waals surface area contributed by atoms with Crippen LogP contribution in [0.4, 0.5) is 5.82 Å². The van der Waals surface area contributed by atoms with Crippen LogP contribution in [0.1, 0.15) is 50.5 Å². The lowest BCUT2D eigenvalue weighted by Gasteiger charge is -2.22. The summed E-state index contributed by atoms with van der Waals surface area (Å²) in [6, 6.07) is 2.02. The third-order valence-electron chi connectivity index (χ3n) is 3.57. The molecule has 19 heavy (non-hydrogen) atoms. The van der Waals surface area contributed by atoms with Crippen molar-refractivity contribution in [1.29, 1.82) is 0 Å². The van der Waals surface area contributed by atoms with E-state index < -0.39 is 0 Å². The van der Waals surface area contributed by atoms with Crippen LogP contribution in [0, 0.1) is 6.92 Å². The van der Waals surface area contributed by atoms with E-state index in [9.17, 15) is 0 Å². The molecule has 4 heteroatoms. The van der Waals surface area contributed by atoms with Crippen molar-refractivity contribution in [2.45, 2.75) is 58.5 Å². The zero-order valence-electron chi connectivity index (χ0n) is 12.1. The van der Waals surface area contributed by atoms with Gasteiger partial charge in [-0.05, 0) is 26.2 Å². The molecule has 1 fully saturated rings. The molecule has 1 aromatic rings. The van der Waals surface area contributed by atoms with Crippen LogP contribution in [-0.2, 0) is 11.2 Å². The molecule has 0 atom stereocenters. The molecule has 0 aromatic carbocycles. The van der Waals surface area contributed by atoms with Gasteiger partial charge in [0.1, 0.15) is 11.6 Å². The number of nitrogens with one attached hydrogen (secondary N) is 1. The largest absolute Gasteiger partial charge is 0.376 e. The van der Waals surface area contributed by atoms with Gasteiger partial charge in [0.2, 0.25) is 0 Å². The number of nitrogens with zero attached hydrogens (tertiary/aromatic N) is 2. The SMILES string of the molecule is CCc1cc(NCCOC2CCCCC2)nc(C)n1. The minimum Gasteiger partial charge on any atom is -0.376 e. The van der Waals surface area contributed by atoms with Crippen molar-refractivity contribution in [2.24, 2.45) is 0 Å². The average Bonchev–Trinajstić information content (AvgIpc) is 2.44. The number of ether oxygens (including phenoxy) is 1.